The third-order valence-corrected chi connectivity index (χ3v) is 5.09. The lowest BCUT2D eigenvalue weighted by Gasteiger charge is -2.12. The Morgan fingerprint density at radius 1 is 1.27 bits per heavy atom. The lowest BCUT2D eigenvalue weighted by atomic mass is 10.0. The van der Waals surface area contributed by atoms with Gasteiger partial charge in [-0.1, -0.05) is 17.7 Å². The number of methoxy groups -OCH3 is 1. The molecule has 3 heterocycles. The molecule has 0 saturated carbocycles. The Morgan fingerprint density at radius 2 is 2.03 bits per heavy atom. The first kappa shape index (κ1) is 20.2. The first-order valence-corrected chi connectivity index (χ1v) is 9.29. The number of alkyl halides is 3. The number of nitrogens with zero attached hydrogens (tertiary/aromatic N) is 4. The van der Waals surface area contributed by atoms with Crippen LogP contribution in [0.1, 0.15) is 21.6 Å². The number of carbonyl (C=O) groups is 1. The minimum Gasteiger partial charge on any atom is -0.495 e. The van der Waals surface area contributed by atoms with Crippen LogP contribution in [0.3, 0.4) is 0 Å². The molecule has 6 nitrogen and oxygen atoms in total. The number of halogens is 4. The summed E-state index contributed by atoms with van der Waals surface area (Å²) in [5.41, 5.74) is 3.42. The summed E-state index contributed by atoms with van der Waals surface area (Å²) in [7, 11) is 1.52. The van der Waals surface area contributed by atoms with Gasteiger partial charge in [-0.15, -0.1) is 0 Å². The second-order valence-corrected chi connectivity index (χ2v) is 7.31. The Kier molecular flexibility index (Phi) is 4.93. The van der Waals surface area contributed by atoms with Crippen LogP contribution in [0.25, 0.3) is 11.3 Å². The maximum absolute atomic E-state index is 12.9. The fourth-order valence-corrected chi connectivity index (χ4v) is 3.63. The SMILES string of the molecule is COc1cc(-c2cc(C)c3c(n2)CN(c2cnn(CC(F)(F)F)c2)C3=O)ccc1Cl. The lowest BCUT2D eigenvalue weighted by molar-refractivity contribution is -0.142. The van der Waals surface area contributed by atoms with Crippen LogP contribution in [-0.2, 0) is 13.1 Å². The Balaban J connectivity index is 1.66. The van der Waals surface area contributed by atoms with E-state index in [0.29, 0.717) is 27.7 Å². The molecule has 3 aromatic rings. The van der Waals surface area contributed by atoms with E-state index in [1.807, 2.05) is 0 Å². The minimum absolute atomic E-state index is 0.144. The van der Waals surface area contributed by atoms with Gasteiger partial charge in [0.15, 0.2) is 0 Å². The van der Waals surface area contributed by atoms with Crippen LogP contribution in [0.2, 0.25) is 5.02 Å². The summed E-state index contributed by atoms with van der Waals surface area (Å²) < 4.78 is 43.8. The number of fused-ring (bicyclic) bond motifs is 1. The fraction of sp³-hybridized carbons (Fsp3) is 0.250. The smallest absolute Gasteiger partial charge is 0.408 e. The third kappa shape index (κ3) is 3.72. The molecule has 10 heteroatoms. The zero-order chi connectivity index (χ0) is 21.6. The number of anilines is 1. The van der Waals surface area contributed by atoms with Crippen LogP contribution in [0, 0.1) is 6.92 Å². The van der Waals surface area contributed by atoms with Gasteiger partial charge in [-0.2, -0.15) is 18.3 Å². The van der Waals surface area contributed by atoms with Crippen molar-refractivity contribution in [3.05, 3.63) is 58.5 Å². The van der Waals surface area contributed by atoms with E-state index in [0.717, 1.165) is 15.8 Å². The summed E-state index contributed by atoms with van der Waals surface area (Å²) in [6, 6.07) is 7.05. The number of aromatic nitrogens is 3. The highest BCUT2D eigenvalue weighted by molar-refractivity contribution is 6.32. The van der Waals surface area contributed by atoms with Crippen molar-refractivity contribution in [2.45, 2.75) is 26.2 Å². The fourth-order valence-electron chi connectivity index (χ4n) is 3.44. The molecule has 2 aromatic heterocycles. The number of rotatable bonds is 4. The van der Waals surface area contributed by atoms with Gasteiger partial charge in [0.2, 0.25) is 0 Å². The molecule has 0 N–H and O–H groups in total. The Morgan fingerprint density at radius 3 is 2.73 bits per heavy atom. The maximum Gasteiger partial charge on any atom is 0.408 e. The maximum atomic E-state index is 12.9. The molecular weight excluding hydrogens is 421 g/mol. The van der Waals surface area contributed by atoms with Crippen LogP contribution in [0.4, 0.5) is 18.9 Å². The largest absolute Gasteiger partial charge is 0.495 e. The van der Waals surface area contributed by atoms with Crippen LogP contribution in [-0.4, -0.2) is 34.0 Å². The molecule has 1 aromatic carbocycles. The molecule has 0 saturated heterocycles. The van der Waals surface area contributed by atoms with E-state index in [1.54, 1.807) is 31.2 Å². The molecular formula is C20H16ClF3N4O2. The van der Waals surface area contributed by atoms with Crippen LogP contribution in [0.5, 0.6) is 5.75 Å². The molecule has 0 radical (unpaired) electrons. The van der Waals surface area contributed by atoms with E-state index < -0.39 is 12.7 Å². The summed E-state index contributed by atoms with van der Waals surface area (Å²) in [5, 5.41) is 4.18. The molecule has 0 aliphatic carbocycles. The number of benzene rings is 1. The first-order chi connectivity index (χ1) is 14.2. The van der Waals surface area contributed by atoms with Gasteiger partial charge in [0.25, 0.3) is 5.91 Å². The quantitative estimate of drug-likeness (QED) is 0.598. The third-order valence-electron chi connectivity index (χ3n) is 4.78. The number of hydrogen-bond acceptors (Lipinski definition) is 4. The minimum atomic E-state index is -4.39. The van der Waals surface area contributed by atoms with Gasteiger partial charge < -0.3 is 4.74 Å². The van der Waals surface area contributed by atoms with Gasteiger partial charge in [-0.25, -0.2) is 0 Å². The number of ether oxygens (including phenoxy) is 1. The van der Waals surface area contributed by atoms with Crippen molar-refractivity contribution in [1.29, 1.82) is 0 Å². The second kappa shape index (κ2) is 7.32. The van der Waals surface area contributed by atoms with Crippen molar-refractivity contribution in [3.63, 3.8) is 0 Å². The van der Waals surface area contributed by atoms with Gasteiger partial charge in [-0.05, 0) is 30.7 Å². The zero-order valence-electron chi connectivity index (χ0n) is 16.0. The highest BCUT2D eigenvalue weighted by atomic mass is 35.5. The average molecular weight is 437 g/mol. The Hall–Kier alpha value is -3.07. The van der Waals surface area contributed by atoms with Crippen molar-refractivity contribution in [3.8, 4) is 17.0 Å². The molecule has 0 unspecified atom stereocenters. The second-order valence-electron chi connectivity index (χ2n) is 6.90. The van der Waals surface area contributed by atoms with Gasteiger partial charge in [0, 0.05) is 11.8 Å². The van der Waals surface area contributed by atoms with Crippen molar-refractivity contribution >= 4 is 23.2 Å². The monoisotopic (exact) mass is 436 g/mol. The number of aryl methyl sites for hydroxylation is 1. The van der Waals surface area contributed by atoms with Gasteiger partial charge in [-0.3, -0.25) is 19.4 Å². The predicted molar refractivity (Wildman–Crippen MR) is 105 cm³/mol. The molecule has 1 aliphatic heterocycles. The molecule has 0 bridgehead atoms. The van der Waals surface area contributed by atoms with E-state index >= 15 is 0 Å². The number of amides is 1. The highest BCUT2D eigenvalue weighted by Crippen LogP contribution is 2.34. The van der Waals surface area contributed by atoms with Gasteiger partial charge >= 0.3 is 6.18 Å². The number of hydrogen-bond donors (Lipinski definition) is 0. The molecule has 0 fully saturated rings. The van der Waals surface area contributed by atoms with E-state index in [9.17, 15) is 18.0 Å². The van der Waals surface area contributed by atoms with Crippen molar-refractivity contribution in [1.82, 2.24) is 14.8 Å². The first-order valence-electron chi connectivity index (χ1n) is 8.92. The molecule has 156 valence electrons. The summed E-state index contributed by atoms with van der Waals surface area (Å²) in [5.74, 6) is 0.186. The van der Waals surface area contributed by atoms with Crippen LogP contribution < -0.4 is 9.64 Å². The average Bonchev–Trinajstić information content (AvgIpc) is 3.25. The zero-order valence-corrected chi connectivity index (χ0v) is 16.8. The van der Waals surface area contributed by atoms with Gasteiger partial charge in [0.1, 0.15) is 12.3 Å². The molecule has 0 spiro atoms. The highest BCUT2D eigenvalue weighted by Gasteiger charge is 2.34. The molecule has 4 rings (SSSR count). The Bertz CT molecular complexity index is 1140. The summed E-state index contributed by atoms with van der Waals surface area (Å²) in [6.45, 7) is 0.721. The topological polar surface area (TPSA) is 60.2 Å². The standard InChI is InChI=1S/C20H16ClF3N4O2/c1-11-5-15(12-3-4-14(21)17(6-12)30-2)26-16-9-28(19(29)18(11)16)13-7-25-27(8-13)10-20(22,23)24/h3-8H,9-10H2,1-2H3. The van der Waals surface area contributed by atoms with Crippen LogP contribution >= 0.6 is 11.6 Å². The van der Waals surface area contributed by atoms with E-state index in [4.69, 9.17) is 16.3 Å². The van der Waals surface area contributed by atoms with Crippen molar-refractivity contribution < 1.29 is 22.7 Å². The summed E-state index contributed by atoms with van der Waals surface area (Å²) >= 11 is 6.08. The van der Waals surface area contributed by atoms with Crippen molar-refractivity contribution in [2.24, 2.45) is 0 Å². The predicted octanol–water partition coefficient (Wildman–Crippen LogP) is 4.64. The summed E-state index contributed by atoms with van der Waals surface area (Å²) in [4.78, 5) is 18.9. The summed E-state index contributed by atoms with van der Waals surface area (Å²) in [6.07, 6.45) is -1.94. The van der Waals surface area contributed by atoms with E-state index in [1.165, 1.54) is 24.4 Å². The van der Waals surface area contributed by atoms with E-state index in [2.05, 4.69) is 10.1 Å². The van der Waals surface area contributed by atoms with Crippen molar-refractivity contribution in [2.75, 3.05) is 12.0 Å². The van der Waals surface area contributed by atoms with E-state index in [-0.39, 0.29) is 18.1 Å². The van der Waals surface area contributed by atoms with Gasteiger partial charge in [0.05, 0.1) is 47.5 Å². The lowest BCUT2D eigenvalue weighted by Crippen LogP contribution is -2.23. The molecule has 1 aliphatic rings. The normalized spacial score (nSPS) is 13.7. The molecule has 30 heavy (non-hydrogen) atoms. The molecule has 1 amide bonds. The molecule has 0 atom stereocenters. The Labute approximate surface area is 174 Å². The van der Waals surface area contributed by atoms with Crippen LogP contribution in [0.15, 0.2) is 36.7 Å². The number of carbonyl (C=O) groups excluding carboxylic acids is 1. The number of pyridine rings is 1.